The summed E-state index contributed by atoms with van der Waals surface area (Å²) in [6, 6.07) is 0. The molecule has 1 aromatic heterocycles. The second-order valence-corrected chi connectivity index (χ2v) is 4.59. The van der Waals surface area contributed by atoms with Crippen molar-refractivity contribution in [3.8, 4) is 0 Å². The number of ether oxygens (including phenoxy) is 1. The van der Waals surface area contributed by atoms with Crippen LogP contribution in [-0.4, -0.2) is 35.6 Å². The molecule has 0 fully saturated rings. The first kappa shape index (κ1) is 17.2. The van der Waals surface area contributed by atoms with Gasteiger partial charge in [-0.2, -0.15) is 0 Å². The van der Waals surface area contributed by atoms with Gasteiger partial charge >= 0.3 is 11.7 Å². The Morgan fingerprint density at radius 2 is 1.95 bits per heavy atom. The highest BCUT2D eigenvalue weighted by Crippen LogP contribution is 2.37. The highest BCUT2D eigenvalue weighted by molar-refractivity contribution is 6.36. The largest absolute Gasteiger partial charge is 0.462 e. The summed E-state index contributed by atoms with van der Waals surface area (Å²) in [6.07, 6.45) is 0. The Kier molecular flexibility index (Phi) is 5.90. The molecule has 0 saturated heterocycles. The van der Waals surface area contributed by atoms with Crippen LogP contribution in [0.2, 0.25) is 5.02 Å². The van der Waals surface area contributed by atoms with Crippen molar-refractivity contribution < 1.29 is 14.5 Å². The van der Waals surface area contributed by atoms with E-state index < -0.39 is 10.9 Å². The number of nitrogens with zero attached hydrogens (tertiary/aromatic N) is 3. The molecule has 1 aromatic rings. The van der Waals surface area contributed by atoms with Gasteiger partial charge < -0.3 is 9.64 Å². The molecule has 0 aliphatic carbocycles. The quantitative estimate of drug-likeness (QED) is 0.456. The van der Waals surface area contributed by atoms with Gasteiger partial charge in [-0.1, -0.05) is 11.6 Å². The lowest BCUT2D eigenvalue weighted by molar-refractivity contribution is -0.384. The molecule has 0 amide bonds. The first-order valence-corrected chi connectivity index (χ1v) is 7.03. The summed E-state index contributed by atoms with van der Waals surface area (Å²) in [5.74, 6) is -0.540. The number of halogens is 1. The van der Waals surface area contributed by atoms with Crippen molar-refractivity contribution in [3.63, 3.8) is 0 Å². The van der Waals surface area contributed by atoms with Crippen LogP contribution < -0.4 is 4.90 Å². The third-order valence-electron chi connectivity index (χ3n) is 3.00. The lowest BCUT2D eigenvalue weighted by Gasteiger charge is -2.21. The molecule has 0 aliphatic rings. The fourth-order valence-corrected chi connectivity index (χ4v) is 2.36. The van der Waals surface area contributed by atoms with Crippen LogP contribution in [0.5, 0.6) is 0 Å². The van der Waals surface area contributed by atoms with Crippen LogP contribution in [-0.2, 0) is 4.74 Å². The molecule has 8 heteroatoms. The van der Waals surface area contributed by atoms with Gasteiger partial charge in [0.15, 0.2) is 0 Å². The van der Waals surface area contributed by atoms with Gasteiger partial charge in [0, 0.05) is 13.1 Å². The van der Waals surface area contributed by atoms with Gasteiger partial charge in [-0.15, -0.1) is 0 Å². The molecule has 1 rings (SSSR count). The number of aromatic nitrogens is 1. The molecule has 1 heterocycles. The summed E-state index contributed by atoms with van der Waals surface area (Å²) in [5, 5.41) is 11.1. The highest BCUT2D eigenvalue weighted by atomic mass is 35.5. The van der Waals surface area contributed by atoms with Crippen LogP contribution >= 0.6 is 11.6 Å². The maximum absolute atomic E-state index is 11.9. The normalized spacial score (nSPS) is 10.3. The monoisotopic (exact) mass is 315 g/mol. The number of hydrogen-bond donors (Lipinski definition) is 0. The third kappa shape index (κ3) is 3.41. The van der Waals surface area contributed by atoms with Crippen LogP contribution in [0.25, 0.3) is 0 Å². The van der Waals surface area contributed by atoms with Gasteiger partial charge in [0.25, 0.3) is 0 Å². The zero-order chi connectivity index (χ0) is 16.2. The van der Waals surface area contributed by atoms with Gasteiger partial charge in [0.05, 0.1) is 17.2 Å². The Hall–Kier alpha value is -1.89. The molecule has 0 bridgehead atoms. The lowest BCUT2D eigenvalue weighted by Crippen LogP contribution is -2.25. The summed E-state index contributed by atoms with van der Waals surface area (Å²) >= 11 is 6.09. The van der Waals surface area contributed by atoms with Gasteiger partial charge in [-0.25, -0.2) is 9.78 Å². The Morgan fingerprint density at radius 1 is 1.38 bits per heavy atom. The molecule has 0 unspecified atom stereocenters. The van der Waals surface area contributed by atoms with Crippen LogP contribution in [0.4, 0.5) is 11.5 Å². The molecule has 7 nitrogen and oxygen atoms in total. The standard InChI is InChI=1S/C13H18ClN3O4/c1-5-16(6-2)12-11(17(19)20)10(14)9(8(4)15-12)13(18)21-7-3/h5-7H2,1-4H3. The molecule has 0 atom stereocenters. The molecular weight excluding hydrogens is 298 g/mol. The van der Waals surface area contributed by atoms with Gasteiger partial charge in [0.2, 0.25) is 5.82 Å². The minimum Gasteiger partial charge on any atom is -0.462 e. The van der Waals surface area contributed by atoms with Crippen LogP contribution in [0.3, 0.4) is 0 Å². The average molecular weight is 316 g/mol. The van der Waals surface area contributed by atoms with E-state index in [9.17, 15) is 14.9 Å². The molecule has 0 saturated carbocycles. The molecule has 0 aliphatic heterocycles. The van der Waals surface area contributed by atoms with E-state index in [0.29, 0.717) is 18.8 Å². The number of nitro groups is 1. The van der Waals surface area contributed by atoms with E-state index >= 15 is 0 Å². The Balaban J connectivity index is 3.58. The SMILES string of the molecule is CCOC(=O)c1c(C)nc(N(CC)CC)c([N+](=O)[O-])c1Cl. The minimum absolute atomic E-state index is 0.0545. The van der Waals surface area contributed by atoms with Crippen molar-refractivity contribution in [1.82, 2.24) is 4.98 Å². The predicted octanol–water partition coefficient (Wildman–Crippen LogP) is 2.97. The predicted molar refractivity (Wildman–Crippen MR) is 80.2 cm³/mol. The second kappa shape index (κ2) is 7.21. The number of carbonyl (C=O) groups excluding carboxylic acids is 1. The molecule has 0 spiro atoms. The highest BCUT2D eigenvalue weighted by Gasteiger charge is 2.31. The molecule has 0 N–H and O–H groups in total. The van der Waals surface area contributed by atoms with E-state index in [4.69, 9.17) is 16.3 Å². The molecular formula is C13H18ClN3O4. The van der Waals surface area contributed by atoms with Crippen LogP contribution in [0, 0.1) is 17.0 Å². The van der Waals surface area contributed by atoms with Crippen LogP contribution in [0.1, 0.15) is 36.8 Å². The Bertz CT molecular complexity index is 559. The topological polar surface area (TPSA) is 85.6 Å². The van der Waals surface area contributed by atoms with Crippen molar-refractivity contribution in [2.45, 2.75) is 27.7 Å². The van der Waals surface area contributed by atoms with E-state index in [-0.39, 0.29) is 28.7 Å². The van der Waals surface area contributed by atoms with Crippen molar-refractivity contribution >= 4 is 29.1 Å². The fraction of sp³-hybridized carbons (Fsp3) is 0.538. The van der Waals surface area contributed by atoms with Crippen molar-refractivity contribution in [2.24, 2.45) is 0 Å². The van der Waals surface area contributed by atoms with E-state index in [1.807, 2.05) is 13.8 Å². The minimum atomic E-state index is -0.707. The lowest BCUT2D eigenvalue weighted by atomic mass is 10.1. The zero-order valence-electron chi connectivity index (χ0n) is 12.5. The molecule has 116 valence electrons. The van der Waals surface area contributed by atoms with E-state index in [0.717, 1.165) is 0 Å². The summed E-state index contributed by atoms with van der Waals surface area (Å²) in [4.78, 5) is 28.5. The summed E-state index contributed by atoms with van der Waals surface area (Å²) in [5.41, 5.74) is -0.110. The van der Waals surface area contributed by atoms with Gasteiger partial charge in [-0.3, -0.25) is 10.1 Å². The van der Waals surface area contributed by atoms with Crippen LogP contribution in [0.15, 0.2) is 0 Å². The summed E-state index contributed by atoms with van der Waals surface area (Å²) < 4.78 is 4.88. The first-order chi connectivity index (χ1) is 9.88. The molecule has 21 heavy (non-hydrogen) atoms. The number of hydrogen-bond acceptors (Lipinski definition) is 6. The van der Waals surface area contributed by atoms with Crippen molar-refractivity contribution in [3.05, 3.63) is 26.4 Å². The maximum atomic E-state index is 11.9. The number of aryl methyl sites for hydroxylation is 1. The number of esters is 1. The zero-order valence-corrected chi connectivity index (χ0v) is 13.2. The smallest absolute Gasteiger partial charge is 0.341 e. The van der Waals surface area contributed by atoms with Crippen molar-refractivity contribution in [1.29, 1.82) is 0 Å². The number of rotatable bonds is 6. The van der Waals surface area contributed by atoms with Crippen molar-refractivity contribution in [2.75, 3.05) is 24.6 Å². The Labute approximate surface area is 128 Å². The third-order valence-corrected chi connectivity index (χ3v) is 3.37. The first-order valence-electron chi connectivity index (χ1n) is 6.65. The maximum Gasteiger partial charge on any atom is 0.341 e. The summed E-state index contributed by atoms with van der Waals surface area (Å²) in [7, 11) is 0. The van der Waals surface area contributed by atoms with E-state index in [2.05, 4.69) is 4.98 Å². The van der Waals surface area contributed by atoms with Gasteiger partial charge in [0.1, 0.15) is 10.6 Å². The Morgan fingerprint density at radius 3 is 2.38 bits per heavy atom. The fourth-order valence-electron chi connectivity index (χ4n) is 1.99. The second-order valence-electron chi connectivity index (χ2n) is 4.21. The number of anilines is 1. The average Bonchev–Trinajstić information content (AvgIpc) is 2.39. The molecule has 0 aromatic carbocycles. The number of pyridine rings is 1. The van der Waals surface area contributed by atoms with E-state index in [1.54, 1.807) is 18.7 Å². The summed E-state index contributed by atoms with van der Waals surface area (Å²) in [6.45, 7) is 8.18. The van der Waals surface area contributed by atoms with Gasteiger partial charge in [-0.05, 0) is 27.7 Å². The molecule has 0 radical (unpaired) electrons. The van der Waals surface area contributed by atoms with E-state index in [1.165, 1.54) is 0 Å². The number of carbonyl (C=O) groups is 1.